The van der Waals surface area contributed by atoms with Crippen molar-refractivity contribution < 1.29 is 36.2 Å². The molecule has 1 saturated heterocycles. The van der Waals surface area contributed by atoms with Crippen LogP contribution >= 0.6 is 0 Å². The smallest absolute Gasteiger partial charge is 0.369 e. The molecule has 10 heteroatoms. The Morgan fingerprint density at radius 3 is 2.26 bits per heavy atom. The Morgan fingerprint density at radius 2 is 1.68 bits per heavy atom. The molecule has 0 radical (unpaired) electrons. The van der Waals surface area contributed by atoms with Gasteiger partial charge in [0.2, 0.25) is 0 Å². The lowest BCUT2D eigenvalue weighted by molar-refractivity contribution is -0.376. The number of alkyl halides is 6. The topological polar surface area (TPSA) is 59.8 Å². The third-order valence-corrected chi connectivity index (χ3v) is 5.62. The van der Waals surface area contributed by atoms with E-state index in [2.05, 4.69) is 6.07 Å². The van der Waals surface area contributed by atoms with Crippen LogP contribution in [0.4, 0.5) is 32.0 Å². The number of halogens is 6. The Labute approximate surface area is 173 Å². The minimum Gasteiger partial charge on any atom is -0.369 e. The Morgan fingerprint density at radius 1 is 1.03 bits per heavy atom. The molecule has 2 unspecified atom stereocenters. The van der Waals surface area contributed by atoms with Crippen molar-refractivity contribution in [1.82, 2.24) is 0 Å². The molecule has 2 heterocycles. The van der Waals surface area contributed by atoms with Gasteiger partial charge in [-0.1, -0.05) is 24.3 Å². The van der Waals surface area contributed by atoms with Crippen molar-refractivity contribution in [2.75, 3.05) is 4.90 Å². The molecule has 0 aliphatic carbocycles. The van der Waals surface area contributed by atoms with Crippen LogP contribution in [0, 0.1) is 11.3 Å². The number of ether oxygens (including phenoxy) is 1. The maximum atomic E-state index is 13.1. The van der Waals surface area contributed by atoms with Gasteiger partial charge in [0.1, 0.15) is 6.10 Å². The molecule has 4 rings (SSSR count). The minimum absolute atomic E-state index is 0.0299. The highest BCUT2D eigenvalue weighted by atomic mass is 19.4. The summed E-state index contributed by atoms with van der Waals surface area (Å²) in [5.74, 6) is 0. The molecule has 0 bridgehead atoms. The summed E-state index contributed by atoms with van der Waals surface area (Å²) in [4.78, 5) is 1.88. The van der Waals surface area contributed by atoms with Crippen LogP contribution in [0.25, 0.3) is 0 Å². The maximum Gasteiger partial charge on any atom is 0.430 e. The van der Waals surface area contributed by atoms with E-state index in [4.69, 9.17) is 10.00 Å². The Hall–Kier alpha value is -2.77. The number of aryl methyl sites for hydroxylation is 1. The van der Waals surface area contributed by atoms with Crippen LogP contribution in [-0.2, 0) is 23.3 Å². The lowest BCUT2D eigenvalue weighted by Crippen LogP contribution is -2.53. The number of epoxide rings is 1. The summed E-state index contributed by atoms with van der Waals surface area (Å²) in [6.45, 7) is 0.177. The molecule has 2 aliphatic heterocycles. The van der Waals surface area contributed by atoms with Crippen LogP contribution in [0.2, 0.25) is 0 Å². The molecular formula is C21H16F6N2O2. The highest BCUT2D eigenvalue weighted by Crippen LogP contribution is 2.50. The first-order valence-electron chi connectivity index (χ1n) is 9.36. The Balaban J connectivity index is 1.64. The lowest BCUT2D eigenvalue weighted by atomic mass is 9.91. The van der Waals surface area contributed by atoms with Gasteiger partial charge in [-0.15, -0.1) is 0 Å². The summed E-state index contributed by atoms with van der Waals surface area (Å²) in [6.07, 6.45) is -10.7. The second-order valence-corrected chi connectivity index (χ2v) is 7.59. The van der Waals surface area contributed by atoms with E-state index in [1.54, 1.807) is 18.2 Å². The molecule has 0 aromatic heterocycles. The van der Waals surface area contributed by atoms with Gasteiger partial charge in [-0.25, -0.2) is 0 Å². The number of rotatable bonds is 3. The third-order valence-electron chi connectivity index (χ3n) is 5.62. The standard InChI is InChI=1S/C21H16F6N2O2/c22-20(23,24)19(30,21(25,26)27)15-5-1-12(2-6-15)11-29-16-7-3-13(10-28)9-14(16)4-8-17-18(29)31-17/h1-3,5-7,9,17-18,30H,4,8,11H2. The Kier molecular flexibility index (Phi) is 4.94. The van der Waals surface area contributed by atoms with E-state index in [0.717, 1.165) is 29.8 Å². The first-order chi connectivity index (χ1) is 14.5. The van der Waals surface area contributed by atoms with Gasteiger partial charge in [0, 0.05) is 17.8 Å². The van der Waals surface area contributed by atoms with Crippen molar-refractivity contribution >= 4 is 5.69 Å². The van der Waals surface area contributed by atoms with Crippen molar-refractivity contribution in [3.63, 3.8) is 0 Å². The number of fused-ring (bicyclic) bond motifs is 2. The number of anilines is 1. The van der Waals surface area contributed by atoms with E-state index in [1.807, 2.05) is 4.90 Å². The number of hydrogen-bond acceptors (Lipinski definition) is 4. The maximum absolute atomic E-state index is 13.1. The fourth-order valence-electron chi connectivity index (χ4n) is 3.90. The summed E-state index contributed by atoms with van der Waals surface area (Å²) < 4.78 is 84.1. The highest BCUT2D eigenvalue weighted by Gasteiger charge is 2.71. The zero-order valence-corrected chi connectivity index (χ0v) is 15.8. The zero-order valence-electron chi connectivity index (χ0n) is 15.8. The van der Waals surface area contributed by atoms with Crippen LogP contribution < -0.4 is 4.90 Å². The van der Waals surface area contributed by atoms with Crippen LogP contribution in [0.1, 0.15) is 28.7 Å². The van der Waals surface area contributed by atoms with Crippen molar-refractivity contribution in [3.05, 3.63) is 64.7 Å². The second kappa shape index (κ2) is 7.14. The summed E-state index contributed by atoms with van der Waals surface area (Å²) in [6, 6.07) is 10.8. The van der Waals surface area contributed by atoms with Gasteiger partial charge in [0.05, 0.1) is 11.6 Å². The number of benzene rings is 2. The quantitative estimate of drug-likeness (QED) is 0.560. The zero-order chi connectivity index (χ0) is 22.6. The highest BCUT2D eigenvalue weighted by molar-refractivity contribution is 5.59. The summed E-state index contributed by atoms with van der Waals surface area (Å²) in [5, 5.41) is 18.6. The van der Waals surface area contributed by atoms with Gasteiger partial charge in [-0.05, 0) is 42.2 Å². The molecule has 0 saturated carbocycles. The van der Waals surface area contributed by atoms with E-state index in [0.29, 0.717) is 29.7 Å². The first kappa shape index (κ1) is 21.5. The molecule has 1 fully saturated rings. The number of hydrogen-bond donors (Lipinski definition) is 1. The molecule has 164 valence electrons. The van der Waals surface area contributed by atoms with Gasteiger partial charge in [-0.3, -0.25) is 0 Å². The first-order valence-corrected chi connectivity index (χ1v) is 9.36. The van der Waals surface area contributed by atoms with Gasteiger partial charge in [-0.2, -0.15) is 31.6 Å². The fourth-order valence-corrected chi connectivity index (χ4v) is 3.90. The molecule has 0 spiro atoms. The second-order valence-electron chi connectivity index (χ2n) is 7.59. The fraction of sp³-hybridized carbons (Fsp3) is 0.381. The summed E-state index contributed by atoms with van der Waals surface area (Å²) >= 11 is 0. The van der Waals surface area contributed by atoms with Gasteiger partial charge in [0.25, 0.3) is 5.60 Å². The van der Waals surface area contributed by atoms with E-state index in [-0.39, 0.29) is 18.9 Å². The largest absolute Gasteiger partial charge is 0.430 e. The van der Waals surface area contributed by atoms with Crippen LogP contribution in [0.15, 0.2) is 42.5 Å². The minimum atomic E-state index is -5.93. The molecule has 31 heavy (non-hydrogen) atoms. The third kappa shape index (κ3) is 3.62. The van der Waals surface area contributed by atoms with Crippen molar-refractivity contribution in [1.29, 1.82) is 5.26 Å². The van der Waals surface area contributed by atoms with Crippen molar-refractivity contribution in [2.45, 2.75) is 49.7 Å². The molecule has 1 N–H and O–H groups in total. The SMILES string of the molecule is N#Cc1ccc2c(c1)CCC1OC1N2Cc1ccc(C(O)(C(F)(F)F)C(F)(F)F)cc1. The molecule has 2 aromatic rings. The van der Waals surface area contributed by atoms with Gasteiger partial charge < -0.3 is 14.7 Å². The van der Waals surface area contributed by atoms with Crippen molar-refractivity contribution in [2.24, 2.45) is 0 Å². The average molecular weight is 442 g/mol. The normalized spacial score (nSPS) is 21.0. The van der Waals surface area contributed by atoms with Crippen molar-refractivity contribution in [3.8, 4) is 6.07 Å². The monoisotopic (exact) mass is 442 g/mol. The molecule has 0 amide bonds. The molecule has 2 aromatic carbocycles. The lowest BCUT2D eigenvalue weighted by Gasteiger charge is -2.32. The van der Waals surface area contributed by atoms with Gasteiger partial charge >= 0.3 is 12.4 Å². The molecular weight excluding hydrogens is 426 g/mol. The van der Waals surface area contributed by atoms with E-state index >= 15 is 0 Å². The average Bonchev–Trinajstić information content (AvgIpc) is 3.48. The van der Waals surface area contributed by atoms with Crippen LogP contribution in [0.3, 0.4) is 0 Å². The predicted molar refractivity (Wildman–Crippen MR) is 96.8 cm³/mol. The number of nitrogens with zero attached hydrogens (tertiary/aromatic N) is 2. The van der Waals surface area contributed by atoms with E-state index in [9.17, 15) is 31.4 Å². The van der Waals surface area contributed by atoms with Crippen LogP contribution in [0.5, 0.6) is 0 Å². The summed E-state index contributed by atoms with van der Waals surface area (Å²) in [5.41, 5.74) is -3.58. The van der Waals surface area contributed by atoms with E-state index in [1.165, 1.54) is 0 Å². The molecule has 4 nitrogen and oxygen atoms in total. The Bertz CT molecular complexity index is 1010. The van der Waals surface area contributed by atoms with Crippen LogP contribution in [-0.4, -0.2) is 29.8 Å². The molecule has 2 aliphatic rings. The number of aliphatic hydroxyl groups is 1. The molecule has 2 atom stereocenters. The predicted octanol–water partition coefficient (Wildman–Crippen LogP) is 4.55. The van der Waals surface area contributed by atoms with Gasteiger partial charge in [0.15, 0.2) is 6.23 Å². The summed E-state index contributed by atoms with van der Waals surface area (Å²) in [7, 11) is 0. The number of nitriles is 1. The van der Waals surface area contributed by atoms with E-state index < -0.39 is 23.5 Å².